The van der Waals surface area contributed by atoms with Crippen LogP contribution in [0.15, 0.2) is 84.1 Å². The molecule has 1 aliphatic heterocycles. The Bertz CT molecular complexity index is 1270. The Balaban J connectivity index is 1.42. The van der Waals surface area contributed by atoms with Crippen LogP contribution in [-0.2, 0) is 16.2 Å². The van der Waals surface area contributed by atoms with Crippen molar-refractivity contribution in [2.45, 2.75) is 38.2 Å². The molecule has 1 aliphatic carbocycles. The molecule has 34 heavy (non-hydrogen) atoms. The van der Waals surface area contributed by atoms with E-state index < -0.39 is 0 Å². The SMILES string of the molecule is O=C1CCCC2=C1C(c1ccc(OCc3ccccc3F)cc1)CC(=O)N2c1ccc(F)cc1. The Morgan fingerprint density at radius 3 is 2.35 bits per heavy atom. The van der Waals surface area contributed by atoms with Crippen molar-refractivity contribution < 1.29 is 23.1 Å². The summed E-state index contributed by atoms with van der Waals surface area (Å²) in [6, 6.07) is 19.5. The fourth-order valence-electron chi connectivity index (χ4n) is 4.74. The fraction of sp³-hybridized carbons (Fsp3) is 0.214. The van der Waals surface area contributed by atoms with Gasteiger partial charge in [-0.15, -0.1) is 0 Å². The van der Waals surface area contributed by atoms with Gasteiger partial charge in [-0.3, -0.25) is 14.5 Å². The lowest BCUT2D eigenvalue weighted by molar-refractivity contribution is -0.119. The van der Waals surface area contributed by atoms with Crippen molar-refractivity contribution in [1.29, 1.82) is 0 Å². The summed E-state index contributed by atoms with van der Waals surface area (Å²) >= 11 is 0. The minimum absolute atomic E-state index is 0.0470. The molecule has 2 aliphatic rings. The maximum Gasteiger partial charge on any atom is 0.232 e. The third-order valence-corrected chi connectivity index (χ3v) is 6.39. The molecule has 0 radical (unpaired) electrons. The smallest absolute Gasteiger partial charge is 0.232 e. The first-order valence-corrected chi connectivity index (χ1v) is 11.3. The summed E-state index contributed by atoms with van der Waals surface area (Å²) in [5.41, 5.74) is 3.27. The highest BCUT2D eigenvalue weighted by atomic mass is 19.1. The number of anilines is 1. The molecule has 1 amide bonds. The van der Waals surface area contributed by atoms with Crippen LogP contribution in [-0.4, -0.2) is 11.7 Å². The van der Waals surface area contributed by atoms with Crippen molar-refractivity contribution in [3.63, 3.8) is 0 Å². The van der Waals surface area contributed by atoms with Crippen molar-refractivity contribution in [3.8, 4) is 5.75 Å². The van der Waals surface area contributed by atoms with Gasteiger partial charge < -0.3 is 4.74 Å². The standard InChI is InChI=1S/C28H23F2NO3/c29-20-10-12-21(13-11-20)31-25-6-3-7-26(32)28(25)23(16-27(31)33)18-8-14-22(15-9-18)34-17-19-4-1-2-5-24(19)30/h1-2,4-5,8-15,23H,3,6-7,16-17H2. The second-order valence-electron chi connectivity index (χ2n) is 8.55. The number of ketones is 1. The Kier molecular flexibility index (Phi) is 5.97. The Morgan fingerprint density at radius 1 is 0.882 bits per heavy atom. The van der Waals surface area contributed by atoms with Crippen LogP contribution in [0, 0.1) is 11.6 Å². The van der Waals surface area contributed by atoms with Crippen LogP contribution in [0.4, 0.5) is 14.5 Å². The van der Waals surface area contributed by atoms with Gasteiger partial charge in [-0.1, -0.05) is 30.3 Å². The van der Waals surface area contributed by atoms with Crippen molar-refractivity contribution in [2.24, 2.45) is 0 Å². The average molecular weight is 459 g/mol. The third kappa shape index (κ3) is 4.23. The minimum atomic E-state index is -0.377. The zero-order valence-corrected chi connectivity index (χ0v) is 18.5. The molecule has 0 aromatic heterocycles. The number of carbonyl (C=O) groups is 2. The summed E-state index contributed by atoms with van der Waals surface area (Å²) in [7, 11) is 0. The summed E-state index contributed by atoms with van der Waals surface area (Å²) in [5, 5.41) is 0. The van der Waals surface area contributed by atoms with Gasteiger partial charge >= 0.3 is 0 Å². The van der Waals surface area contributed by atoms with Gasteiger partial charge in [0.15, 0.2) is 5.78 Å². The van der Waals surface area contributed by atoms with Crippen molar-refractivity contribution >= 4 is 17.4 Å². The van der Waals surface area contributed by atoms with E-state index in [-0.39, 0.29) is 42.3 Å². The number of halogens is 2. The highest BCUT2D eigenvalue weighted by Crippen LogP contribution is 2.43. The lowest BCUT2D eigenvalue weighted by atomic mass is 9.77. The number of Topliss-reactive ketones (excluding diaryl/α,β-unsaturated/α-hetero) is 1. The molecule has 4 nitrogen and oxygen atoms in total. The Labute approximate surface area is 196 Å². The molecule has 0 spiro atoms. The molecule has 3 aromatic rings. The van der Waals surface area contributed by atoms with Gasteiger partial charge in [0.1, 0.15) is 24.0 Å². The first kappa shape index (κ1) is 22.0. The number of ether oxygens (including phenoxy) is 1. The van der Waals surface area contributed by atoms with E-state index in [0.29, 0.717) is 47.5 Å². The van der Waals surface area contributed by atoms with Gasteiger partial charge in [0.25, 0.3) is 0 Å². The number of rotatable bonds is 5. The molecule has 3 aromatic carbocycles. The van der Waals surface area contributed by atoms with Crippen LogP contribution in [0.1, 0.15) is 42.7 Å². The fourth-order valence-corrected chi connectivity index (χ4v) is 4.74. The molecule has 1 atom stereocenters. The van der Waals surface area contributed by atoms with E-state index in [1.807, 2.05) is 12.1 Å². The largest absolute Gasteiger partial charge is 0.489 e. The van der Waals surface area contributed by atoms with E-state index in [2.05, 4.69) is 0 Å². The quantitative estimate of drug-likeness (QED) is 0.465. The molecule has 172 valence electrons. The number of hydrogen-bond acceptors (Lipinski definition) is 3. The van der Waals surface area contributed by atoms with Gasteiger partial charge in [0.2, 0.25) is 5.91 Å². The second kappa shape index (κ2) is 9.21. The lowest BCUT2D eigenvalue weighted by Gasteiger charge is -2.38. The zero-order chi connectivity index (χ0) is 23.7. The summed E-state index contributed by atoms with van der Waals surface area (Å²) in [6.07, 6.45) is 1.89. The number of nitrogens with zero attached hydrogens (tertiary/aromatic N) is 1. The molecule has 0 bridgehead atoms. The first-order valence-electron chi connectivity index (χ1n) is 11.3. The van der Waals surface area contributed by atoms with Gasteiger partial charge in [-0.05, 0) is 60.9 Å². The van der Waals surface area contributed by atoms with Crippen LogP contribution in [0.2, 0.25) is 0 Å². The van der Waals surface area contributed by atoms with Crippen LogP contribution in [0.3, 0.4) is 0 Å². The Hall–Kier alpha value is -3.80. The first-order chi connectivity index (χ1) is 16.5. The molecule has 0 fully saturated rings. The summed E-state index contributed by atoms with van der Waals surface area (Å²) < 4.78 is 33.0. The lowest BCUT2D eigenvalue weighted by Crippen LogP contribution is -2.40. The van der Waals surface area contributed by atoms with E-state index in [1.54, 1.807) is 47.4 Å². The molecule has 5 rings (SSSR count). The van der Waals surface area contributed by atoms with E-state index in [1.165, 1.54) is 18.2 Å². The highest BCUT2D eigenvalue weighted by Gasteiger charge is 2.39. The van der Waals surface area contributed by atoms with Crippen LogP contribution in [0.5, 0.6) is 5.75 Å². The summed E-state index contributed by atoms with van der Waals surface area (Å²) in [4.78, 5) is 27.8. The molecule has 1 heterocycles. The topological polar surface area (TPSA) is 46.6 Å². The maximum absolute atomic E-state index is 13.8. The number of amides is 1. The highest BCUT2D eigenvalue weighted by molar-refractivity contribution is 6.07. The van der Waals surface area contributed by atoms with Gasteiger partial charge in [-0.25, -0.2) is 8.78 Å². The third-order valence-electron chi connectivity index (χ3n) is 6.39. The van der Waals surface area contributed by atoms with Crippen LogP contribution in [0.25, 0.3) is 0 Å². The van der Waals surface area contributed by atoms with Crippen molar-refractivity contribution in [3.05, 3.63) is 107 Å². The molecule has 0 saturated carbocycles. The van der Waals surface area contributed by atoms with Crippen LogP contribution < -0.4 is 9.64 Å². The number of benzene rings is 3. The van der Waals surface area contributed by atoms with Crippen molar-refractivity contribution in [2.75, 3.05) is 4.90 Å². The molecule has 6 heteroatoms. The molecule has 0 saturated heterocycles. The van der Waals surface area contributed by atoms with Gasteiger partial charge in [0, 0.05) is 41.3 Å². The summed E-state index contributed by atoms with van der Waals surface area (Å²) in [6.45, 7) is 0.106. The van der Waals surface area contributed by atoms with E-state index in [0.717, 1.165) is 5.56 Å². The zero-order valence-electron chi connectivity index (χ0n) is 18.5. The maximum atomic E-state index is 13.8. The number of carbonyl (C=O) groups excluding carboxylic acids is 2. The molecule has 0 N–H and O–H groups in total. The van der Waals surface area contributed by atoms with E-state index in [9.17, 15) is 18.4 Å². The predicted molar refractivity (Wildman–Crippen MR) is 124 cm³/mol. The van der Waals surface area contributed by atoms with E-state index >= 15 is 0 Å². The minimum Gasteiger partial charge on any atom is -0.489 e. The monoisotopic (exact) mass is 459 g/mol. The number of hydrogen-bond donors (Lipinski definition) is 0. The second-order valence-corrected chi connectivity index (χ2v) is 8.55. The summed E-state index contributed by atoms with van der Waals surface area (Å²) in [5.74, 6) is -0.535. The number of allylic oxidation sites excluding steroid dienone is 2. The molecular weight excluding hydrogens is 436 g/mol. The van der Waals surface area contributed by atoms with E-state index in [4.69, 9.17) is 4.74 Å². The molecule has 1 unspecified atom stereocenters. The van der Waals surface area contributed by atoms with Gasteiger partial charge in [-0.2, -0.15) is 0 Å². The van der Waals surface area contributed by atoms with Crippen LogP contribution >= 0.6 is 0 Å². The predicted octanol–water partition coefficient (Wildman–Crippen LogP) is 6.07. The van der Waals surface area contributed by atoms with Gasteiger partial charge in [0.05, 0.1) is 0 Å². The average Bonchev–Trinajstić information content (AvgIpc) is 2.84. The van der Waals surface area contributed by atoms with Crippen molar-refractivity contribution in [1.82, 2.24) is 0 Å². The normalized spacial score (nSPS) is 18.2. The Morgan fingerprint density at radius 2 is 1.62 bits per heavy atom. The molecular formula is C28H23F2NO3.